The quantitative estimate of drug-likeness (QED) is 0.384. The highest BCUT2D eigenvalue weighted by molar-refractivity contribution is 9.13. The number of halogens is 2. The van der Waals surface area contributed by atoms with Gasteiger partial charge in [0.05, 0.1) is 16.0 Å². The van der Waals surface area contributed by atoms with Gasteiger partial charge >= 0.3 is 0 Å². The lowest BCUT2D eigenvalue weighted by molar-refractivity contribution is -0.141. The lowest BCUT2D eigenvalue weighted by atomic mass is 10.2. The number of hydrogen-bond acceptors (Lipinski definition) is 2. The molecule has 2 aliphatic rings. The monoisotopic (exact) mass is 285 g/mol. The van der Waals surface area contributed by atoms with Crippen LogP contribution in [0, 0.1) is 0 Å². The van der Waals surface area contributed by atoms with E-state index in [-0.39, 0.29) is 10.9 Å². The Labute approximate surface area is 80.0 Å². The molecule has 0 bridgehead atoms. The molecule has 2 aliphatic heterocycles. The molecule has 2 fully saturated rings. The largest absolute Gasteiger partial charge is 0.315 e. The second-order valence-corrected chi connectivity index (χ2v) is 6.17. The molecule has 0 aromatic heterocycles. The molecule has 2 unspecified atom stereocenters. The highest BCUT2D eigenvalue weighted by Gasteiger charge is 2.49. The molecular formula is C5H5Br2NOS. The first kappa shape index (κ1) is 7.43. The molecule has 3 atom stereocenters. The highest BCUT2D eigenvalue weighted by Crippen LogP contribution is 2.48. The van der Waals surface area contributed by atoms with Crippen LogP contribution in [0.5, 0.6) is 0 Å². The van der Waals surface area contributed by atoms with Crippen LogP contribution in [0.4, 0.5) is 0 Å². The van der Waals surface area contributed by atoms with Crippen molar-refractivity contribution >= 4 is 49.5 Å². The van der Waals surface area contributed by atoms with E-state index in [2.05, 4.69) is 31.9 Å². The maximum Gasteiger partial charge on any atom is 0.227 e. The summed E-state index contributed by atoms with van der Waals surface area (Å²) in [6, 6.07) is 0. The van der Waals surface area contributed by atoms with Crippen LogP contribution >= 0.6 is 43.6 Å². The minimum Gasteiger partial charge on any atom is -0.315 e. The topological polar surface area (TPSA) is 20.3 Å². The maximum absolute atomic E-state index is 10.9. The molecule has 1 amide bonds. The molecule has 2 heterocycles. The van der Waals surface area contributed by atoms with Crippen LogP contribution in [0.3, 0.4) is 0 Å². The lowest BCUT2D eigenvalue weighted by Gasteiger charge is -2.35. The average Bonchev–Trinajstić information content (AvgIpc) is 2.05. The van der Waals surface area contributed by atoms with Gasteiger partial charge in [-0.05, 0) is 0 Å². The molecule has 56 valence electrons. The zero-order valence-electron chi connectivity index (χ0n) is 4.96. The molecular weight excluding hydrogens is 282 g/mol. The summed E-state index contributed by atoms with van der Waals surface area (Å²) in [4.78, 5) is 13.0. The number of nitrogens with zero attached hydrogens (tertiary/aromatic N) is 1. The molecule has 2 rings (SSSR count). The van der Waals surface area contributed by atoms with Crippen LogP contribution < -0.4 is 0 Å². The molecule has 0 aromatic carbocycles. The highest BCUT2D eigenvalue weighted by atomic mass is 79.9. The molecule has 0 aromatic rings. The van der Waals surface area contributed by atoms with E-state index in [0.29, 0.717) is 9.53 Å². The van der Waals surface area contributed by atoms with Gasteiger partial charge in [0.15, 0.2) is 0 Å². The summed E-state index contributed by atoms with van der Waals surface area (Å²) >= 11 is 8.71. The number of carbonyl (C=O) groups excluding carboxylic acids is 1. The average molecular weight is 287 g/mol. The van der Waals surface area contributed by atoms with Gasteiger partial charge in [-0.2, -0.15) is 0 Å². The number of amides is 1. The summed E-state index contributed by atoms with van der Waals surface area (Å²) in [6.45, 7) is 0. The molecule has 2 nitrogen and oxygen atoms in total. The normalized spacial score (nSPS) is 45.2. The standard InChI is InChI=1S/C5H5Br2NOS/c6-4-5(7)10-3-1-2(9)8(3)4/h3-5H,1H2/t3-,4?,5?/m1/s1. The fraction of sp³-hybridized carbons (Fsp3) is 0.800. The van der Waals surface area contributed by atoms with Crippen LogP contribution in [0.15, 0.2) is 0 Å². The number of thioether (sulfide) groups is 1. The van der Waals surface area contributed by atoms with Gasteiger partial charge in [0.2, 0.25) is 5.91 Å². The van der Waals surface area contributed by atoms with Crippen molar-refractivity contribution in [1.82, 2.24) is 4.90 Å². The third-order valence-electron chi connectivity index (χ3n) is 1.72. The minimum absolute atomic E-state index is 0.198. The Hall–Kier alpha value is 0.780. The van der Waals surface area contributed by atoms with Gasteiger partial charge in [0.1, 0.15) is 4.95 Å². The van der Waals surface area contributed by atoms with Gasteiger partial charge in [-0.1, -0.05) is 31.9 Å². The molecule has 0 aliphatic carbocycles. The van der Waals surface area contributed by atoms with Crippen molar-refractivity contribution in [2.45, 2.75) is 20.9 Å². The Kier molecular flexibility index (Phi) is 1.77. The minimum atomic E-state index is 0.198. The van der Waals surface area contributed by atoms with Gasteiger partial charge in [-0.3, -0.25) is 4.79 Å². The summed E-state index contributed by atoms with van der Waals surface area (Å²) < 4.78 is 0.365. The second-order valence-electron chi connectivity index (χ2n) is 2.32. The molecule has 0 spiro atoms. The van der Waals surface area contributed by atoms with E-state index >= 15 is 0 Å². The molecule has 0 N–H and O–H groups in total. The third kappa shape index (κ3) is 0.865. The van der Waals surface area contributed by atoms with Crippen molar-refractivity contribution in [3.05, 3.63) is 0 Å². The fourth-order valence-electron chi connectivity index (χ4n) is 1.15. The number of rotatable bonds is 0. The van der Waals surface area contributed by atoms with E-state index in [4.69, 9.17) is 0 Å². The number of hydrogen-bond donors (Lipinski definition) is 0. The number of alkyl halides is 2. The summed E-state index contributed by atoms with van der Waals surface area (Å²) in [5.74, 6) is 0.265. The van der Waals surface area contributed by atoms with Crippen molar-refractivity contribution in [2.75, 3.05) is 0 Å². The van der Waals surface area contributed by atoms with Crippen molar-refractivity contribution in [2.24, 2.45) is 0 Å². The Bertz CT molecular complexity index is 188. The molecule has 0 saturated carbocycles. The Balaban J connectivity index is 2.15. The number of fused-ring (bicyclic) bond motifs is 1. The zero-order valence-corrected chi connectivity index (χ0v) is 8.95. The van der Waals surface area contributed by atoms with Gasteiger partial charge in [-0.15, -0.1) is 11.8 Å². The maximum atomic E-state index is 10.9. The number of β-lactam (4-membered cyclic amide) rings is 1. The molecule has 5 heteroatoms. The Morgan fingerprint density at radius 2 is 2.30 bits per heavy atom. The lowest BCUT2D eigenvalue weighted by Crippen LogP contribution is -2.50. The first-order chi connectivity index (χ1) is 4.70. The van der Waals surface area contributed by atoms with E-state index in [0.717, 1.165) is 6.42 Å². The first-order valence-corrected chi connectivity index (χ1v) is 5.72. The second kappa shape index (κ2) is 2.38. The fourth-order valence-corrected chi connectivity index (χ4v) is 4.38. The van der Waals surface area contributed by atoms with Crippen molar-refractivity contribution in [3.63, 3.8) is 0 Å². The van der Waals surface area contributed by atoms with Crippen LogP contribution in [-0.2, 0) is 4.79 Å². The van der Waals surface area contributed by atoms with E-state index in [1.807, 2.05) is 4.90 Å². The van der Waals surface area contributed by atoms with Crippen LogP contribution in [0.1, 0.15) is 6.42 Å². The predicted molar refractivity (Wildman–Crippen MR) is 48.3 cm³/mol. The van der Waals surface area contributed by atoms with E-state index in [1.54, 1.807) is 11.8 Å². The van der Waals surface area contributed by atoms with Crippen LogP contribution in [-0.4, -0.2) is 25.3 Å². The molecule has 0 radical (unpaired) electrons. The number of carbonyl (C=O) groups is 1. The SMILES string of the molecule is O=C1C[C@H]2SC(Br)C(Br)N12. The summed E-state index contributed by atoms with van der Waals surface area (Å²) in [7, 11) is 0. The van der Waals surface area contributed by atoms with Gasteiger partial charge < -0.3 is 4.90 Å². The van der Waals surface area contributed by atoms with Gasteiger partial charge in [0.25, 0.3) is 0 Å². The van der Waals surface area contributed by atoms with Crippen molar-refractivity contribution in [1.29, 1.82) is 0 Å². The van der Waals surface area contributed by atoms with Crippen molar-refractivity contribution < 1.29 is 4.79 Å². The van der Waals surface area contributed by atoms with Crippen LogP contribution in [0.25, 0.3) is 0 Å². The van der Waals surface area contributed by atoms with Gasteiger partial charge in [-0.25, -0.2) is 0 Å². The predicted octanol–water partition coefficient (Wildman–Crippen LogP) is 1.73. The Morgan fingerprint density at radius 3 is 2.70 bits per heavy atom. The van der Waals surface area contributed by atoms with Crippen molar-refractivity contribution in [3.8, 4) is 0 Å². The van der Waals surface area contributed by atoms with E-state index in [1.165, 1.54) is 0 Å². The van der Waals surface area contributed by atoms with E-state index in [9.17, 15) is 4.79 Å². The summed E-state index contributed by atoms with van der Waals surface area (Å²) in [5.41, 5.74) is 0. The first-order valence-electron chi connectivity index (χ1n) is 2.95. The van der Waals surface area contributed by atoms with Crippen LogP contribution in [0.2, 0.25) is 0 Å². The van der Waals surface area contributed by atoms with E-state index < -0.39 is 0 Å². The molecule has 2 saturated heterocycles. The summed E-state index contributed by atoms with van der Waals surface area (Å²) in [5, 5.41) is 0.432. The third-order valence-corrected chi connectivity index (χ3v) is 6.12. The zero-order chi connectivity index (χ0) is 7.30. The smallest absolute Gasteiger partial charge is 0.227 e. The summed E-state index contributed by atoms with van der Waals surface area (Å²) in [6.07, 6.45) is 0.717. The Morgan fingerprint density at radius 1 is 1.60 bits per heavy atom. The van der Waals surface area contributed by atoms with Gasteiger partial charge in [0, 0.05) is 0 Å². The molecule has 10 heavy (non-hydrogen) atoms.